The van der Waals surface area contributed by atoms with Gasteiger partial charge < -0.3 is 20.1 Å². The Bertz CT molecular complexity index is 1220. The molecule has 0 amide bonds. The first-order valence-electron chi connectivity index (χ1n) is 25.8. The molecule has 0 heterocycles. The van der Waals surface area contributed by atoms with Crippen molar-refractivity contribution in [1.82, 2.24) is 0 Å². The molecule has 63 heavy (non-hydrogen) atoms. The second-order valence-corrected chi connectivity index (χ2v) is 18.5. The van der Waals surface area contributed by atoms with E-state index in [2.05, 4.69) is 74.6 Å². The summed E-state index contributed by atoms with van der Waals surface area (Å²) in [5.41, 5.74) is 5.37. The highest BCUT2D eigenvalue weighted by molar-refractivity contribution is 7.47. The highest BCUT2D eigenvalue weighted by Gasteiger charge is 2.26. The predicted molar refractivity (Wildman–Crippen MR) is 266 cm³/mol. The molecule has 2 unspecified atom stereocenters. The van der Waals surface area contributed by atoms with Crippen LogP contribution in [-0.4, -0.2) is 49.3 Å². The summed E-state index contributed by atoms with van der Waals surface area (Å²) in [6.45, 7) is 3.64. The van der Waals surface area contributed by atoms with E-state index in [9.17, 15) is 19.0 Å². The van der Waals surface area contributed by atoms with Crippen LogP contribution in [0.1, 0.15) is 232 Å². The van der Waals surface area contributed by atoms with Gasteiger partial charge in [-0.3, -0.25) is 18.6 Å². The van der Waals surface area contributed by atoms with E-state index in [1.807, 2.05) is 0 Å². The van der Waals surface area contributed by atoms with Gasteiger partial charge >= 0.3 is 19.8 Å². The molecule has 0 rings (SSSR count). The number of esters is 2. The summed E-state index contributed by atoms with van der Waals surface area (Å²) in [6.07, 6.45) is 59.7. The van der Waals surface area contributed by atoms with Gasteiger partial charge in [-0.25, -0.2) is 4.57 Å². The van der Waals surface area contributed by atoms with E-state index in [0.29, 0.717) is 6.42 Å². The summed E-state index contributed by atoms with van der Waals surface area (Å²) < 4.78 is 32.9. The Morgan fingerprint density at radius 3 is 1.30 bits per heavy atom. The van der Waals surface area contributed by atoms with Crippen molar-refractivity contribution >= 4 is 19.8 Å². The van der Waals surface area contributed by atoms with E-state index in [0.717, 1.165) is 77.0 Å². The van der Waals surface area contributed by atoms with Gasteiger partial charge in [0.2, 0.25) is 0 Å². The van der Waals surface area contributed by atoms with E-state index in [-0.39, 0.29) is 38.6 Å². The standard InChI is InChI=1S/C53H96NO8P/c1-3-5-7-9-11-13-15-17-19-21-23-24-25-26-28-30-32-34-36-38-40-42-44-46-53(56)62-51(50-61-63(57,58)60-48-47-54)49-59-52(55)45-43-41-39-37-35-33-31-29-27-22-20-18-16-14-12-10-8-6-4-2/h5,7,11,13,17,19,23-24,26,28,51H,3-4,6,8-10,12,14-16,18,20-22,25,27,29-50,54H2,1-2H3,(H,57,58)/b7-5-,13-11-,19-17-,24-23-,28-26-. The number of allylic oxidation sites excluding steroid dienone is 10. The van der Waals surface area contributed by atoms with Gasteiger partial charge in [-0.05, 0) is 57.8 Å². The highest BCUT2D eigenvalue weighted by Crippen LogP contribution is 2.43. The van der Waals surface area contributed by atoms with E-state index in [1.165, 1.54) is 122 Å². The lowest BCUT2D eigenvalue weighted by atomic mass is 10.0. The number of carbonyl (C=O) groups is 2. The number of hydrogen-bond donors (Lipinski definition) is 2. The largest absolute Gasteiger partial charge is 0.472 e. The Kier molecular flexibility index (Phi) is 47.4. The van der Waals surface area contributed by atoms with E-state index in [4.69, 9.17) is 24.3 Å². The van der Waals surface area contributed by atoms with Crippen LogP contribution in [0.3, 0.4) is 0 Å². The maximum absolute atomic E-state index is 12.7. The van der Waals surface area contributed by atoms with Crippen molar-refractivity contribution < 1.29 is 37.6 Å². The molecule has 0 aromatic rings. The van der Waals surface area contributed by atoms with Crippen molar-refractivity contribution in [3.63, 3.8) is 0 Å². The number of phosphoric ester groups is 1. The van der Waals surface area contributed by atoms with Crippen LogP contribution in [-0.2, 0) is 32.7 Å². The van der Waals surface area contributed by atoms with Crippen molar-refractivity contribution in [2.45, 2.75) is 238 Å². The average molecular weight is 906 g/mol. The first-order valence-corrected chi connectivity index (χ1v) is 27.3. The van der Waals surface area contributed by atoms with Crippen LogP contribution in [0.4, 0.5) is 0 Å². The van der Waals surface area contributed by atoms with Gasteiger partial charge in [-0.2, -0.15) is 0 Å². The van der Waals surface area contributed by atoms with Crippen LogP contribution >= 0.6 is 7.82 Å². The van der Waals surface area contributed by atoms with Gasteiger partial charge in [0.1, 0.15) is 6.61 Å². The van der Waals surface area contributed by atoms with Gasteiger partial charge in [-0.15, -0.1) is 0 Å². The Hall–Kier alpha value is -2.29. The zero-order chi connectivity index (χ0) is 46.0. The number of nitrogens with two attached hydrogens (primary N) is 1. The SMILES string of the molecule is CC/C=C\C/C=C\C/C=C\C/C=C\C/C=C\CCCCCCCCCC(=O)OC(COC(=O)CCCCCCCCCCCCCCCCCCCCC)COP(=O)(O)OCCN. The lowest BCUT2D eigenvalue weighted by Crippen LogP contribution is -2.29. The molecule has 0 fully saturated rings. The number of rotatable bonds is 48. The van der Waals surface area contributed by atoms with E-state index >= 15 is 0 Å². The number of hydrogen-bond acceptors (Lipinski definition) is 8. The summed E-state index contributed by atoms with van der Waals surface area (Å²) in [4.78, 5) is 35.1. The summed E-state index contributed by atoms with van der Waals surface area (Å²) in [6, 6.07) is 0. The van der Waals surface area contributed by atoms with Crippen molar-refractivity contribution in [3.05, 3.63) is 60.8 Å². The minimum absolute atomic E-state index is 0.0501. The monoisotopic (exact) mass is 906 g/mol. The third-order valence-corrected chi connectivity index (χ3v) is 11.9. The molecule has 0 radical (unpaired) electrons. The molecular formula is C53H96NO8P. The lowest BCUT2D eigenvalue weighted by Gasteiger charge is -2.19. The molecular weight excluding hydrogens is 810 g/mol. The third kappa shape index (κ3) is 49.0. The molecule has 3 N–H and O–H groups in total. The molecule has 10 heteroatoms. The molecule has 2 atom stereocenters. The average Bonchev–Trinajstić information content (AvgIpc) is 3.27. The van der Waals surface area contributed by atoms with Gasteiger partial charge in [-0.1, -0.05) is 222 Å². The van der Waals surface area contributed by atoms with Crippen molar-refractivity contribution in [2.75, 3.05) is 26.4 Å². The molecule has 366 valence electrons. The van der Waals surface area contributed by atoms with E-state index < -0.39 is 26.5 Å². The van der Waals surface area contributed by atoms with Gasteiger partial charge in [0.15, 0.2) is 6.10 Å². The minimum Gasteiger partial charge on any atom is -0.462 e. The molecule has 0 aromatic heterocycles. The second-order valence-electron chi connectivity index (χ2n) is 17.0. The van der Waals surface area contributed by atoms with Crippen LogP contribution in [0.25, 0.3) is 0 Å². The lowest BCUT2D eigenvalue weighted by molar-refractivity contribution is -0.161. The summed E-state index contributed by atoms with van der Waals surface area (Å²) in [5.74, 6) is -0.835. The number of ether oxygens (including phenoxy) is 2. The molecule has 0 aromatic carbocycles. The summed E-state index contributed by atoms with van der Waals surface area (Å²) >= 11 is 0. The highest BCUT2D eigenvalue weighted by atomic mass is 31.2. The molecule has 0 aliphatic rings. The van der Waals surface area contributed by atoms with Crippen molar-refractivity contribution in [2.24, 2.45) is 5.73 Å². The zero-order valence-corrected chi connectivity index (χ0v) is 41.4. The molecule has 0 spiro atoms. The maximum Gasteiger partial charge on any atom is 0.472 e. The fraction of sp³-hybridized carbons (Fsp3) is 0.774. The predicted octanol–water partition coefficient (Wildman–Crippen LogP) is 15.6. The molecule has 0 bridgehead atoms. The van der Waals surface area contributed by atoms with E-state index in [1.54, 1.807) is 0 Å². The topological polar surface area (TPSA) is 134 Å². The van der Waals surface area contributed by atoms with Gasteiger partial charge in [0, 0.05) is 19.4 Å². The summed E-state index contributed by atoms with van der Waals surface area (Å²) in [7, 11) is -4.39. The van der Waals surface area contributed by atoms with Crippen molar-refractivity contribution in [3.8, 4) is 0 Å². The molecule has 0 aliphatic carbocycles. The van der Waals surface area contributed by atoms with Crippen LogP contribution in [0.15, 0.2) is 60.8 Å². The molecule has 0 aliphatic heterocycles. The quantitative estimate of drug-likeness (QED) is 0.0265. The number of unbranched alkanes of at least 4 members (excludes halogenated alkanes) is 25. The first-order chi connectivity index (χ1) is 30.8. The first kappa shape index (κ1) is 60.7. The minimum atomic E-state index is -4.39. The van der Waals surface area contributed by atoms with Crippen LogP contribution in [0.2, 0.25) is 0 Å². The Morgan fingerprint density at radius 1 is 0.492 bits per heavy atom. The molecule has 0 saturated heterocycles. The van der Waals surface area contributed by atoms with Crippen LogP contribution in [0, 0.1) is 0 Å². The van der Waals surface area contributed by atoms with Crippen LogP contribution < -0.4 is 5.73 Å². The third-order valence-electron chi connectivity index (χ3n) is 10.9. The maximum atomic E-state index is 12.7. The fourth-order valence-electron chi connectivity index (χ4n) is 7.13. The molecule has 9 nitrogen and oxygen atoms in total. The zero-order valence-electron chi connectivity index (χ0n) is 40.6. The Morgan fingerprint density at radius 2 is 0.873 bits per heavy atom. The molecule has 0 saturated carbocycles. The van der Waals surface area contributed by atoms with Gasteiger partial charge in [0.05, 0.1) is 13.2 Å². The Balaban J connectivity index is 4.07. The summed E-state index contributed by atoms with van der Waals surface area (Å²) in [5, 5.41) is 0. The number of carbonyl (C=O) groups excluding carboxylic acids is 2. The van der Waals surface area contributed by atoms with Gasteiger partial charge in [0.25, 0.3) is 0 Å². The smallest absolute Gasteiger partial charge is 0.462 e. The Labute approximate surface area is 387 Å². The normalized spacial score (nSPS) is 13.7. The second kappa shape index (κ2) is 49.2. The van der Waals surface area contributed by atoms with Crippen molar-refractivity contribution in [1.29, 1.82) is 0 Å². The fourth-order valence-corrected chi connectivity index (χ4v) is 7.90. The van der Waals surface area contributed by atoms with Crippen LogP contribution in [0.5, 0.6) is 0 Å². The number of phosphoric acid groups is 1.